The van der Waals surface area contributed by atoms with Crippen molar-refractivity contribution in [3.63, 3.8) is 0 Å². The van der Waals surface area contributed by atoms with Crippen LogP contribution < -0.4 is 0 Å². The minimum atomic E-state index is -0.621. The van der Waals surface area contributed by atoms with Crippen molar-refractivity contribution in [3.8, 4) is 0 Å². The Morgan fingerprint density at radius 1 is 1.39 bits per heavy atom. The zero-order chi connectivity index (χ0) is 17.2. The Morgan fingerprint density at radius 3 is 2.65 bits per heavy atom. The number of ether oxygens (including phenoxy) is 2. The van der Waals surface area contributed by atoms with E-state index >= 15 is 0 Å². The molecule has 0 aromatic heterocycles. The third-order valence-electron chi connectivity index (χ3n) is 4.14. The van der Waals surface area contributed by atoms with E-state index in [9.17, 15) is 9.59 Å². The van der Waals surface area contributed by atoms with E-state index in [0.717, 1.165) is 25.0 Å². The minimum absolute atomic E-state index is 0.0483. The Kier molecular flexibility index (Phi) is 5.00. The summed E-state index contributed by atoms with van der Waals surface area (Å²) in [7, 11) is 1.33. The molecule has 126 valence electrons. The number of carbonyl (C=O) groups is 2. The molecule has 1 fully saturated rings. The Morgan fingerprint density at radius 2 is 2.09 bits per heavy atom. The molecule has 2 heterocycles. The topological polar surface area (TPSA) is 55.8 Å². The molecule has 0 unspecified atom stereocenters. The molecule has 0 radical (unpaired) electrons. The van der Waals surface area contributed by atoms with Gasteiger partial charge < -0.3 is 14.4 Å². The van der Waals surface area contributed by atoms with Crippen molar-refractivity contribution in [2.75, 3.05) is 13.7 Å². The highest BCUT2D eigenvalue weighted by molar-refractivity contribution is 5.95. The summed E-state index contributed by atoms with van der Waals surface area (Å²) in [5, 5.41) is 0. The molecule has 2 rings (SSSR count). The van der Waals surface area contributed by atoms with Gasteiger partial charge in [-0.3, -0.25) is 4.79 Å². The number of esters is 2. The molecule has 0 amide bonds. The fourth-order valence-electron chi connectivity index (χ4n) is 3.14. The first kappa shape index (κ1) is 17.4. The molecule has 0 saturated carbocycles. The highest BCUT2D eigenvalue weighted by atomic mass is 16.6. The normalized spacial score (nSPS) is 24.3. The van der Waals surface area contributed by atoms with Crippen LogP contribution in [0, 0.1) is 5.92 Å². The zero-order valence-electron chi connectivity index (χ0n) is 14.3. The molecule has 0 aromatic carbocycles. The van der Waals surface area contributed by atoms with Gasteiger partial charge in [-0.2, -0.15) is 0 Å². The van der Waals surface area contributed by atoms with Crippen molar-refractivity contribution in [2.45, 2.75) is 51.7 Å². The van der Waals surface area contributed by atoms with Gasteiger partial charge in [0, 0.05) is 12.7 Å². The van der Waals surface area contributed by atoms with Gasteiger partial charge in [-0.05, 0) is 45.6 Å². The summed E-state index contributed by atoms with van der Waals surface area (Å²) in [6.07, 6.45) is 4.16. The molecular weight excluding hydrogens is 294 g/mol. The lowest BCUT2D eigenvalue weighted by atomic mass is 9.82. The van der Waals surface area contributed by atoms with E-state index in [1.54, 1.807) is 6.20 Å². The SMILES string of the molecule is C=C=C1CCCN2C=C(C(=O)OC)[C@H](C(=O)OC(C)(C)C)C[C@H]12. The number of nitrogens with zero attached hydrogens (tertiary/aromatic N) is 1. The van der Waals surface area contributed by atoms with Crippen molar-refractivity contribution >= 4 is 11.9 Å². The average molecular weight is 319 g/mol. The number of fused-ring (bicyclic) bond motifs is 1. The molecule has 2 aliphatic rings. The van der Waals surface area contributed by atoms with Crippen LogP contribution in [0.3, 0.4) is 0 Å². The summed E-state index contributed by atoms with van der Waals surface area (Å²) in [4.78, 5) is 26.8. The van der Waals surface area contributed by atoms with Crippen molar-refractivity contribution in [3.05, 3.63) is 29.7 Å². The van der Waals surface area contributed by atoms with Gasteiger partial charge in [0.25, 0.3) is 0 Å². The lowest BCUT2D eigenvalue weighted by Gasteiger charge is -2.42. The highest BCUT2D eigenvalue weighted by Gasteiger charge is 2.41. The van der Waals surface area contributed by atoms with Crippen LogP contribution in [0.5, 0.6) is 0 Å². The van der Waals surface area contributed by atoms with E-state index in [-0.39, 0.29) is 12.0 Å². The summed E-state index contributed by atoms with van der Waals surface area (Å²) >= 11 is 0. The van der Waals surface area contributed by atoms with E-state index < -0.39 is 17.5 Å². The minimum Gasteiger partial charge on any atom is -0.466 e. The van der Waals surface area contributed by atoms with Crippen LogP contribution in [0.4, 0.5) is 0 Å². The van der Waals surface area contributed by atoms with Gasteiger partial charge >= 0.3 is 11.9 Å². The Hall–Kier alpha value is -2.00. The molecule has 5 nitrogen and oxygen atoms in total. The van der Waals surface area contributed by atoms with Gasteiger partial charge in [0.05, 0.1) is 24.6 Å². The van der Waals surface area contributed by atoms with Crippen LogP contribution in [0.2, 0.25) is 0 Å². The third kappa shape index (κ3) is 3.85. The predicted molar refractivity (Wildman–Crippen MR) is 86.4 cm³/mol. The first-order chi connectivity index (χ1) is 10.8. The highest BCUT2D eigenvalue weighted by Crippen LogP contribution is 2.36. The smallest absolute Gasteiger partial charge is 0.336 e. The molecular formula is C18H25NO4. The Bertz CT molecular complexity index is 578. The molecule has 23 heavy (non-hydrogen) atoms. The second-order valence-corrected chi connectivity index (χ2v) is 6.96. The lowest BCUT2D eigenvalue weighted by molar-refractivity contribution is -0.161. The van der Waals surface area contributed by atoms with Crippen LogP contribution in [-0.2, 0) is 19.1 Å². The molecule has 5 heteroatoms. The maximum absolute atomic E-state index is 12.6. The van der Waals surface area contributed by atoms with Gasteiger partial charge in [0.15, 0.2) is 0 Å². The first-order valence-electron chi connectivity index (χ1n) is 7.94. The fraction of sp³-hybridized carbons (Fsp3) is 0.611. The number of hydrogen-bond donors (Lipinski definition) is 0. The van der Waals surface area contributed by atoms with Crippen LogP contribution in [0.25, 0.3) is 0 Å². The molecule has 0 bridgehead atoms. The maximum atomic E-state index is 12.6. The molecule has 2 atom stereocenters. The monoisotopic (exact) mass is 319 g/mol. The van der Waals surface area contributed by atoms with Crippen LogP contribution in [0.1, 0.15) is 40.0 Å². The lowest BCUT2D eigenvalue weighted by Crippen LogP contribution is -2.46. The molecule has 0 aromatic rings. The number of methoxy groups -OCH3 is 1. The van der Waals surface area contributed by atoms with Gasteiger partial charge in [-0.15, -0.1) is 5.73 Å². The third-order valence-corrected chi connectivity index (χ3v) is 4.14. The predicted octanol–water partition coefficient (Wildman–Crippen LogP) is 2.58. The second kappa shape index (κ2) is 6.63. The largest absolute Gasteiger partial charge is 0.466 e. The summed E-state index contributed by atoms with van der Waals surface area (Å²) in [6, 6.07) is 0.0483. The summed E-state index contributed by atoms with van der Waals surface area (Å²) in [6.45, 7) is 10.1. The number of carbonyl (C=O) groups excluding carboxylic acids is 2. The zero-order valence-corrected chi connectivity index (χ0v) is 14.3. The quantitative estimate of drug-likeness (QED) is 0.578. The first-order valence-corrected chi connectivity index (χ1v) is 7.94. The summed E-state index contributed by atoms with van der Waals surface area (Å²) in [5.41, 5.74) is 3.85. The van der Waals surface area contributed by atoms with E-state index in [2.05, 4.69) is 17.2 Å². The number of rotatable bonds is 2. The molecule has 0 aliphatic carbocycles. The molecule has 1 saturated heterocycles. The van der Waals surface area contributed by atoms with Crippen LogP contribution in [0.15, 0.2) is 29.7 Å². The second-order valence-electron chi connectivity index (χ2n) is 6.96. The van der Waals surface area contributed by atoms with Crippen LogP contribution in [-0.4, -0.2) is 42.1 Å². The van der Waals surface area contributed by atoms with E-state index in [4.69, 9.17) is 9.47 Å². The molecule has 0 spiro atoms. The van der Waals surface area contributed by atoms with Crippen molar-refractivity contribution in [1.29, 1.82) is 0 Å². The van der Waals surface area contributed by atoms with Crippen LogP contribution >= 0.6 is 0 Å². The molecule has 2 aliphatic heterocycles. The number of hydrogen-bond acceptors (Lipinski definition) is 5. The Labute approximate surface area is 137 Å². The van der Waals surface area contributed by atoms with Gasteiger partial charge in [-0.1, -0.05) is 6.58 Å². The summed E-state index contributed by atoms with van der Waals surface area (Å²) < 4.78 is 10.4. The standard InChI is InChI=1S/C18H25NO4/c1-6-12-8-7-9-19-11-14(16(20)22-5)13(10-15(12)19)17(21)23-18(2,3)4/h11,13,15H,1,7-10H2,2-5H3/t13-,15-/m1/s1. The average Bonchev–Trinajstić information content (AvgIpc) is 2.50. The number of piperidine rings is 1. The van der Waals surface area contributed by atoms with Crippen molar-refractivity contribution < 1.29 is 19.1 Å². The van der Waals surface area contributed by atoms with Crippen molar-refractivity contribution in [2.24, 2.45) is 5.92 Å². The van der Waals surface area contributed by atoms with Gasteiger partial charge in [0.2, 0.25) is 0 Å². The molecule has 0 N–H and O–H groups in total. The summed E-state index contributed by atoms with van der Waals surface area (Å²) in [5.74, 6) is -1.49. The van der Waals surface area contributed by atoms with E-state index in [1.165, 1.54) is 7.11 Å². The van der Waals surface area contributed by atoms with E-state index in [0.29, 0.717) is 12.0 Å². The van der Waals surface area contributed by atoms with Gasteiger partial charge in [0.1, 0.15) is 5.60 Å². The van der Waals surface area contributed by atoms with E-state index in [1.807, 2.05) is 20.8 Å². The van der Waals surface area contributed by atoms with Gasteiger partial charge in [-0.25, -0.2) is 4.79 Å². The Balaban J connectivity index is 2.35. The van der Waals surface area contributed by atoms with Crippen molar-refractivity contribution in [1.82, 2.24) is 4.90 Å². The fourth-order valence-corrected chi connectivity index (χ4v) is 3.14. The maximum Gasteiger partial charge on any atom is 0.336 e.